The van der Waals surface area contributed by atoms with E-state index in [1.807, 2.05) is 13.0 Å². The molecule has 0 radical (unpaired) electrons. The zero-order chi connectivity index (χ0) is 17.2. The van der Waals surface area contributed by atoms with Gasteiger partial charge in [-0.25, -0.2) is 8.42 Å². The molecule has 3 rings (SSSR count). The third kappa shape index (κ3) is 3.99. The molecule has 3 heterocycles. The van der Waals surface area contributed by atoms with Crippen LogP contribution in [0.5, 0.6) is 0 Å². The van der Waals surface area contributed by atoms with E-state index in [-0.39, 0.29) is 24.4 Å². The highest BCUT2D eigenvalue weighted by atomic mass is 32.2. The van der Waals surface area contributed by atoms with Crippen molar-refractivity contribution in [1.82, 2.24) is 14.9 Å². The van der Waals surface area contributed by atoms with Crippen molar-refractivity contribution in [3.05, 3.63) is 17.0 Å². The molecule has 1 unspecified atom stereocenters. The fourth-order valence-electron chi connectivity index (χ4n) is 3.34. The van der Waals surface area contributed by atoms with Crippen LogP contribution in [0, 0.1) is 12.8 Å². The molecule has 8 heteroatoms. The van der Waals surface area contributed by atoms with E-state index >= 15 is 0 Å². The smallest absolute Gasteiger partial charge is 0.252 e. The Morgan fingerprint density at radius 1 is 1.29 bits per heavy atom. The molecular formula is C16H25N3O3S2. The molecule has 2 saturated heterocycles. The average molecular weight is 372 g/mol. The number of rotatable bonds is 4. The number of carbonyl (C=O) groups excluding carboxylic acids is 1. The summed E-state index contributed by atoms with van der Waals surface area (Å²) >= 11 is 1.29. The maximum atomic E-state index is 12.8. The summed E-state index contributed by atoms with van der Waals surface area (Å²) in [6, 6.07) is 3.70. The van der Waals surface area contributed by atoms with Crippen molar-refractivity contribution in [3.8, 4) is 0 Å². The third-order valence-corrected chi connectivity index (χ3v) is 8.08. The normalized spacial score (nSPS) is 24.0. The number of aryl methyl sites for hydroxylation is 1. The Hall–Kier alpha value is -0.960. The van der Waals surface area contributed by atoms with Gasteiger partial charge in [0.05, 0.1) is 5.92 Å². The van der Waals surface area contributed by atoms with Gasteiger partial charge in [-0.3, -0.25) is 4.79 Å². The molecule has 1 aromatic rings. The molecule has 0 saturated carbocycles. The van der Waals surface area contributed by atoms with Gasteiger partial charge in [-0.05, 0) is 57.8 Å². The number of amides is 1. The lowest BCUT2D eigenvalue weighted by atomic mass is 9.97. The van der Waals surface area contributed by atoms with Gasteiger partial charge in [-0.15, -0.1) is 11.3 Å². The lowest BCUT2D eigenvalue weighted by Crippen LogP contribution is -2.49. The summed E-state index contributed by atoms with van der Waals surface area (Å²) in [7, 11) is -3.48. The molecule has 24 heavy (non-hydrogen) atoms. The Bertz CT molecular complexity index is 680. The van der Waals surface area contributed by atoms with Gasteiger partial charge in [-0.1, -0.05) is 0 Å². The maximum absolute atomic E-state index is 12.8. The van der Waals surface area contributed by atoms with Gasteiger partial charge in [-0.2, -0.15) is 4.31 Å². The van der Waals surface area contributed by atoms with E-state index in [4.69, 9.17) is 0 Å². The van der Waals surface area contributed by atoms with Gasteiger partial charge in [0, 0.05) is 24.0 Å². The minimum atomic E-state index is -3.48. The monoisotopic (exact) mass is 371 g/mol. The van der Waals surface area contributed by atoms with Gasteiger partial charge >= 0.3 is 0 Å². The predicted molar refractivity (Wildman–Crippen MR) is 94.6 cm³/mol. The van der Waals surface area contributed by atoms with Crippen molar-refractivity contribution in [3.63, 3.8) is 0 Å². The molecule has 2 aliphatic heterocycles. The third-order valence-electron chi connectivity index (χ3n) is 4.75. The minimum Gasteiger partial charge on any atom is -0.353 e. The predicted octanol–water partition coefficient (Wildman–Crippen LogP) is 1.33. The van der Waals surface area contributed by atoms with Gasteiger partial charge < -0.3 is 10.6 Å². The molecule has 2 fully saturated rings. The van der Waals surface area contributed by atoms with Crippen LogP contribution in [-0.4, -0.2) is 50.9 Å². The molecule has 2 N–H and O–H groups in total. The molecule has 0 bridgehead atoms. The Morgan fingerprint density at radius 3 is 2.71 bits per heavy atom. The van der Waals surface area contributed by atoms with Crippen LogP contribution in [0.25, 0.3) is 0 Å². The van der Waals surface area contributed by atoms with E-state index in [0.717, 1.165) is 43.6 Å². The van der Waals surface area contributed by atoms with Crippen LogP contribution < -0.4 is 10.6 Å². The Labute approximate surface area is 147 Å². The topological polar surface area (TPSA) is 78.5 Å². The second-order valence-corrected chi connectivity index (χ2v) is 10.1. The van der Waals surface area contributed by atoms with E-state index in [0.29, 0.717) is 10.8 Å². The molecule has 0 aliphatic carbocycles. The van der Waals surface area contributed by atoms with Crippen molar-refractivity contribution < 1.29 is 13.2 Å². The van der Waals surface area contributed by atoms with E-state index in [9.17, 15) is 13.2 Å². The highest BCUT2D eigenvalue weighted by Crippen LogP contribution is 2.28. The van der Waals surface area contributed by atoms with Gasteiger partial charge in [0.25, 0.3) is 10.0 Å². The molecule has 0 aromatic carbocycles. The highest BCUT2D eigenvalue weighted by molar-refractivity contribution is 7.91. The zero-order valence-electron chi connectivity index (χ0n) is 14.0. The summed E-state index contributed by atoms with van der Waals surface area (Å²) in [6.45, 7) is 4.53. The summed E-state index contributed by atoms with van der Waals surface area (Å²) < 4.78 is 27.4. The van der Waals surface area contributed by atoms with Gasteiger partial charge in [0.1, 0.15) is 4.21 Å². The Kier molecular flexibility index (Phi) is 5.59. The molecule has 6 nitrogen and oxygen atoms in total. The number of hydrogen-bond acceptors (Lipinski definition) is 5. The van der Waals surface area contributed by atoms with Crippen LogP contribution in [0.15, 0.2) is 16.3 Å². The molecule has 0 spiro atoms. The molecule has 2 aliphatic rings. The molecule has 134 valence electrons. The Balaban J connectivity index is 1.64. The minimum absolute atomic E-state index is 0.00385. The molecule has 1 amide bonds. The van der Waals surface area contributed by atoms with Crippen molar-refractivity contribution >= 4 is 27.3 Å². The van der Waals surface area contributed by atoms with Crippen LogP contribution >= 0.6 is 11.3 Å². The fraction of sp³-hybridized carbons (Fsp3) is 0.688. The summed E-state index contributed by atoms with van der Waals surface area (Å²) in [5.41, 5.74) is 0. The number of thiophene rings is 1. The number of nitrogens with zero attached hydrogens (tertiary/aromatic N) is 1. The lowest BCUT2D eigenvalue weighted by Gasteiger charge is -2.32. The quantitative estimate of drug-likeness (QED) is 0.837. The fourth-order valence-corrected chi connectivity index (χ4v) is 6.30. The number of piperidine rings is 2. The largest absolute Gasteiger partial charge is 0.353 e. The lowest BCUT2D eigenvalue weighted by molar-refractivity contribution is -0.126. The first kappa shape index (κ1) is 17.8. The van der Waals surface area contributed by atoms with Crippen LogP contribution in [-0.2, 0) is 14.8 Å². The maximum Gasteiger partial charge on any atom is 0.252 e. The number of nitrogens with one attached hydrogen (secondary N) is 2. The molecular weight excluding hydrogens is 346 g/mol. The number of sulfonamides is 1. The van der Waals surface area contributed by atoms with E-state index in [1.54, 1.807) is 6.07 Å². The highest BCUT2D eigenvalue weighted by Gasteiger charge is 2.34. The second kappa shape index (κ2) is 7.51. The summed E-state index contributed by atoms with van der Waals surface area (Å²) in [5.74, 6) is -0.242. The van der Waals surface area contributed by atoms with Crippen molar-refractivity contribution in [2.75, 3.05) is 26.2 Å². The van der Waals surface area contributed by atoms with Crippen LogP contribution in [0.3, 0.4) is 0 Å². The standard InChI is InChI=1S/C16H25N3O3S2/c1-12-4-5-15(23-12)24(21,22)19-10-2-3-13(11-19)16(20)18-14-6-8-17-9-7-14/h4-5,13-14,17H,2-3,6-11H2,1H3,(H,18,20). The van der Waals surface area contributed by atoms with Gasteiger partial charge in [0.15, 0.2) is 0 Å². The summed E-state index contributed by atoms with van der Waals surface area (Å²) in [5, 5.41) is 6.38. The molecule has 1 atom stereocenters. The first-order chi connectivity index (χ1) is 11.5. The second-order valence-electron chi connectivity index (χ2n) is 6.60. The summed E-state index contributed by atoms with van der Waals surface area (Å²) in [4.78, 5) is 13.5. The average Bonchev–Trinajstić information content (AvgIpc) is 3.03. The number of hydrogen-bond donors (Lipinski definition) is 2. The van der Waals surface area contributed by atoms with Crippen LogP contribution in [0.4, 0.5) is 0 Å². The van der Waals surface area contributed by atoms with Gasteiger partial charge in [0.2, 0.25) is 5.91 Å². The zero-order valence-corrected chi connectivity index (χ0v) is 15.6. The van der Waals surface area contributed by atoms with Crippen molar-refractivity contribution in [1.29, 1.82) is 0 Å². The number of carbonyl (C=O) groups is 1. The molecule has 1 aromatic heterocycles. The first-order valence-electron chi connectivity index (χ1n) is 8.54. The summed E-state index contributed by atoms with van der Waals surface area (Å²) in [6.07, 6.45) is 3.37. The SMILES string of the molecule is Cc1ccc(S(=O)(=O)N2CCCC(C(=O)NC3CCNCC3)C2)s1. The van der Waals surface area contributed by atoms with Crippen LogP contribution in [0.1, 0.15) is 30.6 Å². The van der Waals surface area contributed by atoms with Crippen LogP contribution in [0.2, 0.25) is 0 Å². The first-order valence-corrected chi connectivity index (χ1v) is 10.8. The van der Waals surface area contributed by atoms with Crippen molar-refractivity contribution in [2.45, 2.75) is 42.9 Å². The van der Waals surface area contributed by atoms with E-state index < -0.39 is 10.0 Å². The Morgan fingerprint density at radius 2 is 2.04 bits per heavy atom. The van der Waals surface area contributed by atoms with E-state index in [1.165, 1.54) is 15.6 Å². The van der Waals surface area contributed by atoms with Crippen molar-refractivity contribution in [2.24, 2.45) is 5.92 Å². The van der Waals surface area contributed by atoms with E-state index in [2.05, 4.69) is 10.6 Å².